The molecule has 0 saturated heterocycles. The molecule has 33 heavy (non-hydrogen) atoms. The maximum absolute atomic E-state index is 13.3. The number of esters is 2. The Hall–Kier alpha value is -3.66. The fraction of sp³-hybridized carbons (Fsp3) is 0.241. The molecule has 1 aliphatic carbocycles. The van der Waals surface area contributed by atoms with E-state index in [2.05, 4.69) is 30.3 Å². The average Bonchev–Trinajstić information content (AvgIpc) is 2.85. The molecule has 4 rings (SSSR count). The molecular formula is C29H28O4. The third-order valence-corrected chi connectivity index (χ3v) is 6.07. The van der Waals surface area contributed by atoms with Gasteiger partial charge in [-0.05, 0) is 47.2 Å². The number of fused-ring (bicyclic) bond motifs is 1. The van der Waals surface area contributed by atoms with E-state index in [0.29, 0.717) is 0 Å². The number of hydrogen-bond acceptors (Lipinski definition) is 4. The molecule has 4 nitrogen and oxygen atoms in total. The summed E-state index contributed by atoms with van der Waals surface area (Å²) in [4.78, 5) is 26.7. The molecule has 4 heteroatoms. The summed E-state index contributed by atoms with van der Waals surface area (Å²) in [5.74, 6) is -1.06. The third kappa shape index (κ3) is 4.34. The maximum atomic E-state index is 13.3. The van der Waals surface area contributed by atoms with E-state index in [0.717, 1.165) is 33.4 Å². The first-order valence-electron chi connectivity index (χ1n) is 11.4. The zero-order valence-electron chi connectivity index (χ0n) is 19.0. The normalized spacial score (nSPS) is 14.2. The molecule has 0 fully saturated rings. The van der Waals surface area contributed by atoms with Gasteiger partial charge in [0.05, 0.1) is 13.2 Å². The number of allylic oxidation sites excluding steroid dienone is 1. The first kappa shape index (κ1) is 22.5. The van der Waals surface area contributed by atoms with Crippen molar-refractivity contribution in [2.24, 2.45) is 5.41 Å². The van der Waals surface area contributed by atoms with Crippen molar-refractivity contribution >= 4 is 23.1 Å². The topological polar surface area (TPSA) is 52.6 Å². The summed E-state index contributed by atoms with van der Waals surface area (Å²) in [6.07, 6.45) is 0.460. The quantitative estimate of drug-likeness (QED) is 0.364. The smallest absolute Gasteiger partial charge is 0.324 e. The van der Waals surface area contributed by atoms with Crippen LogP contribution in [0.4, 0.5) is 0 Å². The van der Waals surface area contributed by atoms with Crippen LogP contribution in [0.5, 0.6) is 0 Å². The maximum Gasteiger partial charge on any atom is 0.324 e. The molecule has 0 aliphatic heterocycles. The predicted octanol–water partition coefficient (Wildman–Crippen LogP) is 5.70. The van der Waals surface area contributed by atoms with Crippen LogP contribution in [0.3, 0.4) is 0 Å². The SMILES string of the molecule is CCOC(=O)C1(C(=O)OCC)CC(=C(c2ccccc2)c2ccccc2)c2ccccc2C1. The lowest BCUT2D eigenvalue weighted by Gasteiger charge is -2.36. The Labute approximate surface area is 194 Å². The Balaban J connectivity index is 2.03. The lowest BCUT2D eigenvalue weighted by Crippen LogP contribution is -2.46. The Bertz CT molecular complexity index is 1100. The molecule has 168 valence electrons. The summed E-state index contributed by atoms with van der Waals surface area (Å²) in [7, 11) is 0. The average molecular weight is 441 g/mol. The molecule has 0 spiro atoms. The molecule has 3 aromatic carbocycles. The van der Waals surface area contributed by atoms with Crippen LogP contribution in [0.15, 0.2) is 84.9 Å². The van der Waals surface area contributed by atoms with Crippen molar-refractivity contribution in [3.63, 3.8) is 0 Å². The van der Waals surface area contributed by atoms with Gasteiger partial charge in [-0.15, -0.1) is 0 Å². The zero-order chi connectivity index (χ0) is 23.3. The van der Waals surface area contributed by atoms with Crippen LogP contribution in [0.1, 0.15) is 42.5 Å². The van der Waals surface area contributed by atoms with E-state index in [1.807, 2.05) is 54.6 Å². The highest BCUT2D eigenvalue weighted by molar-refractivity contribution is 6.07. The first-order valence-corrected chi connectivity index (χ1v) is 11.4. The van der Waals surface area contributed by atoms with Gasteiger partial charge in [0.1, 0.15) is 0 Å². The number of ether oxygens (including phenoxy) is 2. The van der Waals surface area contributed by atoms with Crippen molar-refractivity contribution in [1.29, 1.82) is 0 Å². The third-order valence-electron chi connectivity index (χ3n) is 6.07. The van der Waals surface area contributed by atoms with Crippen LogP contribution < -0.4 is 0 Å². The van der Waals surface area contributed by atoms with Crippen LogP contribution in [0.2, 0.25) is 0 Å². The molecule has 0 bridgehead atoms. The van der Waals surface area contributed by atoms with Gasteiger partial charge in [-0.2, -0.15) is 0 Å². The number of carbonyl (C=O) groups is 2. The van der Waals surface area contributed by atoms with Crippen molar-refractivity contribution in [2.45, 2.75) is 26.7 Å². The van der Waals surface area contributed by atoms with Crippen LogP contribution in [-0.2, 0) is 25.5 Å². The van der Waals surface area contributed by atoms with Crippen LogP contribution in [0.25, 0.3) is 11.1 Å². The Morgan fingerprint density at radius 3 is 1.70 bits per heavy atom. The lowest BCUT2D eigenvalue weighted by molar-refractivity contribution is -0.171. The van der Waals surface area contributed by atoms with Gasteiger partial charge in [0.15, 0.2) is 5.41 Å². The molecule has 1 aliphatic rings. The standard InChI is InChI=1S/C29H28O4/c1-3-32-27(30)29(28(31)33-4-2)19-23-17-11-12-18-24(23)25(20-29)26(21-13-7-5-8-14-21)22-15-9-6-10-16-22/h5-18H,3-4,19-20H2,1-2H3. The van der Waals surface area contributed by atoms with Crippen LogP contribution in [0, 0.1) is 5.41 Å². The second-order valence-corrected chi connectivity index (χ2v) is 8.12. The van der Waals surface area contributed by atoms with Crippen molar-refractivity contribution in [3.05, 3.63) is 107 Å². The van der Waals surface area contributed by atoms with Gasteiger partial charge in [0.2, 0.25) is 0 Å². The zero-order valence-corrected chi connectivity index (χ0v) is 19.0. The minimum absolute atomic E-state index is 0.199. The summed E-state index contributed by atoms with van der Waals surface area (Å²) in [5.41, 5.74) is 4.55. The number of benzene rings is 3. The molecule has 0 aromatic heterocycles. The fourth-order valence-electron chi connectivity index (χ4n) is 4.61. The van der Waals surface area contributed by atoms with E-state index in [-0.39, 0.29) is 26.1 Å². The summed E-state index contributed by atoms with van der Waals surface area (Å²) >= 11 is 0. The Kier molecular flexibility index (Phi) is 6.74. The second-order valence-electron chi connectivity index (χ2n) is 8.12. The molecule has 0 unspecified atom stereocenters. The highest BCUT2D eigenvalue weighted by atomic mass is 16.6. The first-order chi connectivity index (χ1) is 16.1. The van der Waals surface area contributed by atoms with Crippen molar-refractivity contribution in [2.75, 3.05) is 13.2 Å². The lowest BCUT2D eigenvalue weighted by atomic mass is 9.67. The van der Waals surface area contributed by atoms with E-state index >= 15 is 0 Å². The van der Waals surface area contributed by atoms with Gasteiger partial charge in [-0.3, -0.25) is 9.59 Å². The molecule has 0 atom stereocenters. The number of rotatable bonds is 6. The van der Waals surface area contributed by atoms with Gasteiger partial charge in [-0.25, -0.2) is 0 Å². The molecular weight excluding hydrogens is 412 g/mol. The molecule has 0 N–H and O–H groups in total. The largest absolute Gasteiger partial charge is 0.465 e. The summed E-state index contributed by atoms with van der Waals surface area (Å²) in [6, 6.07) is 28.2. The van der Waals surface area contributed by atoms with Gasteiger partial charge >= 0.3 is 11.9 Å². The fourth-order valence-corrected chi connectivity index (χ4v) is 4.61. The molecule has 0 amide bonds. The molecule has 0 heterocycles. The van der Waals surface area contributed by atoms with Gasteiger partial charge in [0, 0.05) is 12.8 Å². The highest BCUT2D eigenvalue weighted by Gasteiger charge is 2.52. The van der Waals surface area contributed by atoms with Crippen molar-refractivity contribution < 1.29 is 19.1 Å². The van der Waals surface area contributed by atoms with E-state index in [1.165, 1.54) is 0 Å². The Morgan fingerprint density at radius 2 is 1.18 bits per heavy atom. The number of carbonyl (C=O) groups excluding carboxylic acids is 2. The van der Waals surface area contributed by atoms with Crippen molar-refractivity contribution in [3.8, 4) is 0 Å². The van der Waals surface area contributed by atoms with E-state index in [4.69, 9.17) is 9.47 Å². The minimum atomic E-state index is -1.43. The molecule has 3 aromatic rings. The monoisotopic (exact) mass is 440 g/mol. The van der Waals surface area contributed by atoms with Gasteiger partial charge < -0.3 is 9.47 Å². The van der Waals surface area contributed by atoms with E-state index in [1.54, 1.807) is 13.8 Å². The summed E-state index contributed by atoms with van der Waals surface area (Å²) in [5, 5.41) is 0. The van der Waals surface area contributed by atoms with Gasteiger partial charge in [-0.1, -0.05) is 84.9 Å². The summed E-state index contributed by atoms with van der Waals surface area (Å²) in [6.45, 7) is 3.91. The minimum Gasteiger partial charge on any atom is -0.465 e. The van der Waals surface area contributed by atoms with Crippen LogP contribution >= 0.6 is 0 Å². The molecule has 0 radical (unpaired) electrons. The highest BCUT2D eigenvalue weighted by Crippen LogP contribution is 2.48. The summed E-state index contributed by atoms with van der Waals surface area (Å²) < 4.78 is 10.9. The van der Waals surface area contributed by atoms with Crippen LogP contribution in [-0.4, -0.2) is 25.2 Å². The Morgan fingerprint density at radius 1 is 0.697 bits per heavy atom. The van der Waals surface area contributed by atoms with E-state index in [9.17, 15) is 9.59 Å². The van der Waals surface area contributed by atoms with E-state index < -0.39 is 17.4 Å². The molecule has 0 saturated carbocycles. The van der Waals surface area contributed by atoms with Gasteiger partial charge in [0.25, 0.3) is 0 Å². The second kappa shape index (κ2) is 9.86. The number of hydrogen-bond donors (Lipinski definition) is 0. The van der Waals surface area contributed by atoms with Crippen molar-refractivity contribution in [1.82, 2.24) is 0 Å². The predicted molar refractivity (Wildman–Crippen MR) is 129 cm³/mol.